The van der Waals surface area contributed by atoms with Crippen LogP contribution in [0.15, 0.2) is 24.3 Å². The summed E-state index contributed by atoms with van der Waals surface area (Å²) in [5.74, 6) is 0.146. The molecule has 0 amide bonds. The van der Waals surface area contributed by atoms with Crippen LogP contribution in [0, 0.1) is 5.41 Å². The first kappa shape index (κ1) is 16.1. The van der Waals surface area contributed by atoms with E-state index in [1.807, 2.05) is 26.8 Å². The van der Waals surface area contributed by atoms with Crippen LogP contribution >= 0.6 is 12.4 Å². The molecule has 1 aromatic rings. The predicted octanol–water partition coefficient (Wildman–Crippen LogP) is 3.76. The summed E-state index contributed by atoms with van der Waals surface area (Å²) < 4.78 is 28.4. The molecule has 1 aromatic carbocycles. The maximum absolute atomic E-state index is 12.0. The molecule has 0 aliphatic heterocycles. The molecule has 2 N–H and O–H groups in total. The SMILES string of the molecule is CC(C)(C)[C@H](N)c1cccc(OC(F)F)c1.Cl. The number of ether oxygens (including phenoxy) is 1. The topological polar surface area (TPSA) is 35.2 Å². The van der Waals surface area contributed by atoms with Gasteiger partial charge in [-0.15, -0.1) is 12.4 Å². The molecule has 0 radical (unpaired) electrons. The summed E-state index contributed by atoms with van der Waals surface area (Å²) in [6, 6.07) is 6.31. The zero-order chi connectivity index (χ0) is 12.3. The molecule has 98 valence electrons. The van der Waals surface area contributed by atoms with Crippen LogP contribution in [-0.2, 0) is 0 Å². The van der Waals surface area contributed by atoms with E-state index in [-0.39, 0.29) is 29.6 Å². The second kappa shape index (κ2) is 6.17. The van der Waals surface area contributed by atoms with E-state index in [4.69, 9.17) is 5.73 Å². The third kappa shape index (κ3) is 4.88. The number of hydrogen-bond acceptors (Lipinski definition) is 2. The van der Waals surface area contributed by atoms with Gasteiger partial charge in [0.05, 0.1) is 0 Å². The van der Waals surface area contributed by atoms with Crippen LogP contribution in [-0.4, -0.2) is 6.61 Å². The lowest BCUT2D eigenvalue weighted by molar-refractivity contribution is -0.0499. The van der Waals surface area contributed by atoms with Crippen LogP contribution in [0.3, 0.4) is 0 Å². The minimum absolute atomic E-state index is 0. The zero-order valence-corrected chi connectivity index (χ0v) is 10.9. The largest absolute Gasteiger partial charge is 0.435 e. The van der Waals surface area contributed by atoms with E-state index in [2.05, 4.69) is 4.74 Å². The van der Waals surface area contributed by atoms with Crippen molar-refractivity contribution in [3.05, 3.63) is 29.8 Å². The first-order valence-electron chi connectivity index (χ1n) is 5.11. The molecule has 17 heavy (non-hydrogen) atoms. The molecule has 1 atom stereocenters. The molecule has 0 bridgehead atoms. The van der Waals surface area contributed by atoms with E-state index in [9.17, 15) is 8.78 Å². The molecule has 2 nitrogen and oxygen atoms in total. The summed E-state index contributed by atoms with van der Waals surface area (Å²) in [6.07, 6.45) is 0. The van der Waals surface area contributed by atoms with Crippen LogP contribution in [0.5, 0.6) is 5.75 Å². The third-order valence-electron chi connectivity index (χ3n) is 2.38. The maximum Gasteiger partial charge on any atom is 0.387 e. The van der Waals surface area contributed by atoms with Crippen molar-refractivity contribution in [2.24, 2.45) is 11.1 Å². The van der Waals surface area contributed by atoms with Crippen molar-refractivity contribution in [1.82, 2.24) is 0 Å². The fourth-order valence-corrected chi connectivity index (χ4v) is 1.38. The number of rotatable bonds is 3. The molecule has 0 unspecified atom stereocenters. The average Bonchev–Trinajstić information content (AvgIpc) is 2.14. The Morgan fingerprint density at radius 3 is 2.29 bits per heavy atom. The summed E-state index contributed by atoms with van der Waals surface area (Å²) in [7, 11) is 0. The maximum atomic E-state index is 12.0. The molecule has 0 heterocycles. The molecule has 0 saturated heterocycles. The molecule has 0 spiro atoms. The van der Waals surface area contributed by atoms with Crippen molar-refractivity contribution < 1.29 is 13.5 Å². The summed E-state index contributed by atoms with van der Waals surface area (Å²) in [5, 5.41) is 0. The molecule has 0 fully saturated rings. The fourth-order valence-electron chi connectivity index (χ4n) is 1.38. The van der Waals surface area contributed by atoms with Gasteiger partial charge in [-0.2, -0.15) is 8.78 Å². The summed E-state index contributed by atoms with van der Waals surface area (Å²) in [6.45, 7) is 3.19. The zero-order valence-electron chi connectivity index (χ0n) is 10.1. The highest BCUT2D eigenvalue weighted by molar-refractivity contribution is 5.85. The van der Waals surface area contributed by atoms with E-state index in [0.29, 0.717) is 0 Å². The van der Waals surface area contributed by atoms with Crippen LogP contribution in [0.1, 0.15) is 32.4 Å². The van der Waals surface area contributed by atoms with Crippen molar-refractivity contribution in [1.29, 1.82) is 0 Å². The van der Waals surface area contributed by atoms with Crippen LogP contribution in [0.2, 0.25) is 0 Å². The molecular formula is C12H18ClF2NO. The lowest BCUT2D eigenvalue weighted by Crippen LogP contribution is -2.26. The van der Waals surface area contributed by atoms with Gasteiger partial charge in [0.1, 0.15) is 5.75 Å². The number of nitrogens with two attached hydrogens (primary N) is 1. The Hall–Kier alpha value is -0.870. The Kier molecular flexibility index (Phi) is 5.85. The van der Waals surface area contributed by atoms with Gasteiger partial charge in [-0.25, -0.2) is 0 Å². The second-order valence-electron chi connectivity index (χ2n) is 4.79. The monoisotopic (exact) mass is 265 g/mol. The van der Waals surface area contributed by atoms with Gasteiger partial charge < -0.3 is 10.5 Å². The third-order valence-corrected chi connectivity index (χ3v) is 2.38. The second-order valence-corrected chi connectivity index (χ2v) is 4.79. The van der Waals surface area contributed by atoms with Crippen LogP contribution in [0.4, 0.5) is 8.78 Å². The number of halogens is 3. The Morgan fingerprint density at radius 1 is 1.24 bits per heavy atom. The summed E-state index contributed by atoms with van der Waals surface area (Å²) >= 11 is 0. The predicted molar refractivity (Wildman–Crippen MR) is 66.7 cm³/mol. The number of alkyl halides is 2. The van der Waals surface area contributed by atoms with Crippen LogP contribution in [0.25, 0.3) is 0 Å². The van der Waals surface area contributed by atoms with Gasteiger partial charge in [0.15, 0.2) is 0 Å². The van der Waals surface area contributed by atoms with Gasteiger partial charge in [0, 0.05) is 6.04 Å². The van der Waals surface area contributed by atoms with Crippen molar-refractivity contribution >= 4 is 12.4 Å². The quantitative estimate of drug-likeness (QED) is 0.903. The molecule has 0 aliphatic carbocycles. The van der Waals surface area contributed by atoms with Gasteiger partial charge >= 0.3 is 6.61 Å². The van der Waals surface area contributed by atoms with Gasteiger partial charge in [-0.05, 0) is 23.1 Å². The van der Waals surface area contributed by atoms with E-state index < -0.39 is 6.61 Å². The normalized spacial score (nSPS) is 13.1. The molecule has 0 aromatic heterocycles. The van der Waals surface area contributed by atoms with E-state index >= 15 is 0 Å². The van der Waals surface area contributed by atoms with Gasteiger partial charge in [0.2, 0.25) is 0 Å². The van der Waals surface area contributed by atoms with Gasteiger partial charge in [-0.1, -0.05) is 32.9 Å². The lowest BCUT2D eigenvalue weighted by Gasteiger charge is -2.27. The highest BCUT2D eigenvalue weighted by atomic mass is 35.5. The van der Waals surface area contributed by atoms with E-state index in [1.54, 1.807) is 12.1 Å². The minimum Gasteiger partial charge on any atom is -0.435 e. The molecule has 5 heteroatoms. The van der Waals surface area contributed by atoms with Crippen molar-refractivity contribution in [3.63, 3.8) is 0 Å². The molecule has 1 rings (SSSR count). The standard InChI is InChI=1S/C12H17F2NO.ClH/c1-12(2,3)10(15)8-5-4-6-9(7-8)16-11(13)14;/h4-7,10-11H,15H2,1-3H3;1H/t10-;/m1./s1. The first-order valence-corrected chi connectivity index (χ1v) is 5.11. The van der Waals surface area contributed by atoms with Gasteiger partial charge in [0.25, 0.3) is 0 Å². The number of hydrogen-bond donors (Lipinski definition) is 1. The highest BCUT2D eigenvalue weighted by Crippen LogP contribution is 2.32. The van der Waals surface area contributed by atoms with Gasteiger partial charge in [-0.3, -0.25) is 0 Å². The van der Waals surface area contributed by atoms with Crippen molar-refractivity contribution in [3.8, 4) is 5.75 Å². The van der Waals surface area contributed by atoms with E-state index in [0.717, 1.165) is 5.56 Å². The molecule has 0 saturated carbocycles. The van der Waals surface area contributed by atoms with Crippen LogP contribution < -0.4 is 10.5 Å². The molecular weight excluding hydrogens is 248 g/mol. The smallest absolute Gasteiger partial charge is 0.387 e. The van der Waals surface area contributed by atoms with Crippen molar-refractivity contribution in [2.75, 3.05) is 0 Å². The minimum atomic E-state index is -2.80. The Morgan fingerprint density at radius 2 is 1.82 bits per heavy atom. The molecule has 0 aliphatic rings. The Balaban J connectivity index is 0.00000256. The number of benzene rings is 1. The summed E-state index contributed by atoms with van der Waals surface area (Å²) in [5.41, 5.74) is 6.70. The average molecular weight is 266 g/mol. The highest BCUT2D eigenvalue weighted by Gasteiger charge is 2.22. The summed E-state index contributed by atoms with van der Waals surface area (Å²) in [4.78, 5) is 0. The van der Waals surface area contributed by atoms with Crippen molar-refractivity contribution in [2.45, 2.75) is 33.4 Å². The first-order chi connectivity index (χ1) is 7.30. The lowest BCUT2D eigenvalue weighted by atomic mass is 9.83. The Bertz CT molecular complexity index is 353. The Labute approximate surface area is 107 Å². The fraction of sp³-hybridized carbons (Fsp3) is 0.500. The van der Waals surface area contributed by atoms with E-state index in [1.165, 1.54) is 6.07 Å².